The number of H-pyrrole nitrogens is 1. The van der Waals surface area contributed by atoms with E-state index in [0.717, 1.165) is 35.3 Å². The summed E-state index contributed by atoms with van der Waals surface area (Å²) in [6.07, 6.45) is 0.836. The minimum Gasteiger partial charge on any atom is -0.323 e. The van der Waals surface area contributed by atoms with Gasteiger partial charge >= 0.3 is 0 Å². The highest BCUT2D eigenvalue weighted by atomic mass is 19.1. The third-order valence-electron chi connectivity index (χ3n) is 4.73. The number of benzene rings is 2. The maximum Gasteiger partial charge on any atom is 0.161 e. The summed E-state index contributed by atoms with van der Waals surface area (Å²) < 4.78 is 13.7. The van der Waals surface area contributed by atoms with Gasteiger partial charge in [0.25, 0.3) is 0 Å². The van der Waals surface area contributed by atoms with Crippen molar-refractivity contribution in [3.8, 4) is 11.4 Å². The van der Waals surface area contributed by atoms with Gasteiger partial charge in [0.15, 0.2) is 11.6 Å². The number of hydrogen-bond donors (Lipinski definition) is 3. The van der Waals surface area contributed by atoms with Crippen LogP contribution < -0.4 is 10.6 Å². The minimum absolute atomic E-state index is 0.302. The molecular weight excluding hydrogens is 343 g/mol. The van der Waals surface area contributed by atoms with Crippen molar-refractivity contribution < 1.29 is 4.39 Å². The molecule has 5 rings (SSSR count). The first-order valence-electron chi connectivity index (χ1n) is 8.84. The maximum atomic E-state index is 13.7. The lowest BCUT2D eigenvalue weighted by atomic mass is 10.1. The Labute approximate surface area is 154 Å². The number of hydrogen-bond acceptors (Lipinski definition) is 5. The van der Waals surface area contributed by atoms with E-state index < -0.39 is 0 Å². The molecule has 0 saturated carbocycles. The zero-order chi connectivity index (χ0) is 18.2. The molecule has 2 aromatic heterocycles. The molecule has 0 saturated heterocycles. The predicted molar refractivity (Wildman–Crippen MR) is 102 cm³/mol. The number of anilines is 2. The molecular formula is C20H17FN6. The van der Waals surface area contributed by atoms with Crippen molar-refractivity contribution in [3.63, 3.8) is 0 Å². The first-order valence-corrected chi connectivity index (χ1v) is 8.84. The quantitative estimate of drug-likeness (QED) is 0.521. The average Bonchev–Trinajstić information content (AvgIpc) is 3.10. The third-order valence-corrected chi connectivity index (χ3v) is 4.73. The third kappa shape index (κ3) is 2.92. The van der Waals surface area contributed by atoms with Gasteiger partial charge in [-0.2, -0.15) is 5.10 Å². The minimum atomic E-state index is -0.302. The number of aromatic nitrogens is 4. The second kappa shape index (κ2) is 6.44. The molecule has 7 heteroatoms. The Morgan fingerprint density at radius 2 is 1.89 bits per heavy atom. The van der Waals surface area contributed by atoms with Crippen molar-refractivity contribution in [3.05, 3.63) is 65.6 Å². The first kappa shape index (κ1) is 15.9. The Balaban J connectivity index is 1.63. The van der Waals surface area contributed by atoms with E-state index in [1.165, 1.54) is 12.1 Å². The van der Waals surface area contributed by atoms with Gasteiger partial charge in [0, 0.05) is 36.0 Å². The van der Waals surface area contributed by atoms with Crippen LogP contribution in [-0.2, 0) is 13.0 Å². The van der Waals surface area contributed by atoms with Gasteiger partial charge in [-0.1, -0.05) is 30.3 Å². The van der Waals surface area contributed by atoms with Crippen LogP contribution in [0.5, 0.6) is 0 Å². The van der Waals surface area contributed by atoms with E-state index in [2.05, 4.69) is 20.8 Å². The molecule has 134 valence electrons. The largest absolute Gasteiger partial charge is 0.323 e. The molecule has 1 aliphatic heterocycles. The van der Waals surface area contributed by atoms with Crippen molar-refractivity contribution in [2.24, 2.45) is 0 Å². The normalized spacial score (nSPS) is 13.5. The van der Waals surface area contributed by atoms with Crippen LogP contribution in [0.25, 0.3) is 22.3 Å². The molecule has 0 spiro atoms. The summed E-state index contributed by atoms with van der Waals surface area (Å²) >= 11 is 0. The Morgan fingerprint density at radius 3 is 2.78 bits per heavy atom. The van der Waals surface area contributed by atoms with Crippen LogP contribution in [0.2, 0.25) is 0 Å². The van der Waals surface area contributed by atoms with Crippen LogP contribution in [0.3, 0.4) is 0 Å². The second-order valence-corrected chi connectivity index (χ2v) is 6.50. The smallest absolute Gasteiger partial charge is 0.161 e. The summed E-state index contributed by atoms with van der Waals surface area (Å²) in [5, 5.41) is 14.6. The van der Waals surface area contributed by atoms with E-state index in [-0.39, 0.29) is 5.82 Å². The first-order chi connectivity index (χ1) is 13.3. The predicted octanol–water partition coefficient (Wildman–Crippen LogP) is 3.55. The number of halogens is 1. The Morgan fingerprint density at radius 1 is 1.00 bits per heavy atom. The molecule has 1 aliphatic rings. The molecule has 3 heterocycles. The van der Waals surface area contributed by atoms with Crippen molar-refractivity contribution >= 4 is 22.5 Å². The fourth-order valence-electron chi connectivity index (χ4n) is 3.36. The SMILES string of the molecule is Fc1ccc2[nH]nc(Nc3nc(-c4ccccc4)nc4c3CNCC4)c2c1. The van der Waals surface area contributed by atoms with Gasteiger partial charge in [0.05, 0.1) is 11.2 Å². The lowest BCUT2D eigenvalue weighted by molar-refractivity contribution is 0.628. The van der Waals surface area contributed by atoms with Gasteiger partial charge in [-0.15, -0.1) is 0 Å². The topological polar surface area (TPSA) is 78.5 Å². The molecule has 0 radical (unpaired) electrons. The highest BCUT2D eigenvalue weighted by molar-refractivity contribution is 5.91. The van der Waals surface area contributed by atoms with Crippen molar-refractivity contribution in [1.29, 1.82) is 0 Å². The van der Waals surface area contributed by atoms with Crippen LogP contribution >= 0.6 is 0 Å². The van der Waals surface area contributed by atoms with Gasteiger partial charge < -0.3 is 10.6 Å². The van der Waals surface area contributed by atoms with Crippen molar-refractivity contribution in [2.45, 2.75) is 13.0 Å². The summed E-state index contributed by atoms with van der Waals surface area (Å²) in [7, 11) is 0. The number of aromatic amines is 1. The zero-order valence-corrected chi connectivity index (χ0v) is 14.5. The van der Waals surface area contributed by atoms with Gasteiger partial charge in [0.2, 0.25) is 0 Å². The molecule has 27 heavy (non-hydrogen) atoms. The van der Waals surface area contributed by atoms with Crippen molar-refractivity contribution in [2.75, 3.05) is 11.9 Å². The van der Waals surface area contributed by atoms with Gasteiger partial charge in [-0.25, -0.2) is 14.4 Å². The highest BCUT2D eigenvalue weighted by Crippen LogP contribution is 2.29. The fourth-order valence-corrected chi connectivity index (χ4v) is 3.36. The van der Waals surface area contributed by atoms with E-state index in [1.54, 1.807) is 6.07 Å². The average molecular weight is 360 g/mol. The fraction of sp³-hybridized carbons (Fsp3) is 0.150. The van der Waals surface area contributed by atoms with Gasteiger partial charge in [-0.05, 0) is 18.2 Å². The summed E-state index contributed by atoms with van der Waals surface area (Å²) in [6, 6.07) is 14.4. The second-order valence-electron chi connectivity index (χ2n) is 6.50. The van der Waals surface area contributed by atoms with Crippen LogP contribution in [0, 0.1) is 5.82 Å². The molecule has 2 aromatic carbocycles. The van der Waals surface area contributed by atoms with Crippen LogP contribution in [0.4, 0.5) is 16.0 Å². The molecule has 0 atom stereocenters. The Kier molecular flexibility index (Phi) is 3.79. The molecule has 0 bridgehead atoms. The number of nitrogens with zero attached hydrogens (tertiary/aromatic N) is 3. The molecule has 0 aliphatic carbocycles. The summed E-state index contributed by atoms with van der Waals surface area (Å²) in [6.45, 7) is 1.57. The van der Waals surface area contributed by atoms with Crippen LogP contribution in [0.1, 0.15) is 11.3 Å². The Bertz CT molecular complexity index is 1120. The van der Waals surface area contributed by atoms with Crippen LogP contribution in [0.15, 0.2) is 48.5 Å². The number of fused-ring (bicyclic) bond motifs is 2. The molecule has 4 aromatic rings. The van der Waals surface area contributed by atoms with E-state index in [1.807, 2.05) is 30.3 Å². The van der Waals surface area contributed by atoms with E-state index >= 15 is 0 Å². The molecule has 0 amide bonds. The monoisotopic (exact) mass is 360 g/mol. The van der Waals surface area contributed by atoms with Crippen LogP contribution in [-0.4, -0.2) is 26.7 Å². The lowest BCUT2D eigenvalue weighted by Gasteiger charge is -2.20. The summed E-state index contributed by atoms with van der Waals surface area (Å²) in [5.41, 5.74) is 3.77. The van der Waals surface area contributed by atoms with E-state index in [9.17, 15) is 4.39 Å². The molecule has 3 N–H and O–H groups in total. The zero-order valence-electron chi connectivity index (χ0n) is 14.5. The van der Waals surface area contributed by atoms with Gasteiger partial charge in [0.1, 0.15) is 11.6 Å². The van der Waals surface area contributed by atoms with E-state index in [4.69, 9.17) is 9.97 Å². The molecule has 0 unspecified atom stereocenters. The van der Waals surface area contributed by atoms with Crippen molar-refractivity contribution in [1.82, 2.24) is 25.5 Å². The maximum absolute atomic E-state index is 13.7. The number of rotatable bonds is 3. The summed E-state index contributed by atoms with van der Waals surface area (Å²) in [5.74, 6) is 1.62. The Hall–Kier alpha value is -3.32. The standard InChI is InChI=1S/C20H17FN6/c21-13-6-7-17-14(10-13)20(27-26-17)25-19-15-11-22-9-8-16(15)23-18(24-19)12-4-2-1-3-5-12/h1-7,10,22H,8-9,11H2,(H2,23,24,25,26,27). The lowest BCUT2D eigenvalue weighted by Crippen LogP contribution is -2.26. The molecule has 0 fully saturated rings. The summed E-state index contributed by atoms with van der Waals surface area (Å²) in [4.78, 5) is 9.52. The number of nitrogens with one attached hydrogen (secondary N) is 3. The van der Waals surface area contributed by atoms with Gasteiger partial charge in [-0.3, -0.25) is 5.10 Å². The van der Waals surface area contributed by atoms with E-state index in [0.29, 0.717) is 29.4 Å². The highest BCUT2D eigenvalue weighted by Gasteiger charge is 2.19. The molecule has 6 nitrogen and oxygen atoms in total.